The van der Waals surface area contributed by atoms with E-state index in [2.05, 4.69) is 10.6 Å². The standard InChI is InChI=1S/C11H17N2O4PS/c14-10(8-4-6-19-7-8)13-11(18(15,16)17)9-3-1-2-5-12-9/h4,6-7,9,11-12H,1-3,5H2,(H,13,14)(H2,15,16,17). The first-order chi connectivity index (χ1) is 8.98. The summed E-state index contributed by atoms with van der Waals surface area (Å²) in [6.45, 7) is 0.718. The Morgan fingerprint density at radius 1 is 1.53 bits per heavy atom. The smallest absolute Gasteiger partial charge is 0.337 e. The third-order valence-corrected chi connectivity index (χ3v) is 5.05. The van der Waals surface area contributed by atoms with Crippen molar-refractivity contribution in [3.63, 3.8) is 0 Å². The van der Waals surface area contributed by atoms with Crippen LogP contribution in [0.1, 0.15) is 29.6 Å². The molecule has 106 valence electrons. The minimum absolute atomic E-state index is 0.378. The number of rotatable bonds is 4. The molecule has 1 aliphatic heterocycles. The summed E-state index contributed by atoms with van der Waals surface area (Å²) in [6, 6.07) is 1.25. The number of piperidine rings is 1. The van der Waals surface area contributed by atoms with Crippen LogP contribution in [0.5, 0.6) is 0 Å². The van der Waals surface area contributed by atoms with Crippen molar-refractivity contribution in [2.75, 3.05) is 6.54 Å². The van der Waals surface area contributed by atoms with E-state index < -0.39 is 19.3 Å². The van der Waals surface area contributed by atoms with Gasteiger partial charge < -0.3 is 20.4 Å². The Morgan fingerprint density at radius 2 is 2.32 bits per heavy atom. The maximum atomic E-state index is 11.9. The van der Waals surface area contributed by atoms with Crippen molar-refractivity contribution in [3.8, 4) is 0 Å². The highest BCUT2D eigenvalue weighted by atomic mass is 32.1. The van der Waals surface area contributed by atoms with E-state index in [1.54, 1.807) is 16.8 Å². The van der Waals surface area contributed by atoms with E-state index in [0.717, 1.165) is 19.4 Å². The zero-order chi connectivity index (χ0) is 13.9. The molecule has 1 saturated heterocycles. The summed E-state index contributed by atoms with van der Waals surface area (Å²) in [5.41, 5.74) is 0.430. The van der Waals surface area contributed by atoms with Gasteiger partial charge in [-0.1, -0.05) is 6.42 Å². The van der Waals surface area contributed by atoms with Gasteiger partial charge in [0.15, 0.2) is 0 Å². The number of carbonyl (C=O) groups excluding carboxylic acids is 1. The number of hydrogen-bond donors (Lipinski definition) is 4. The molecular formula is C11H17N2O4PS. The molecule has 2 heterocycles. The summed E-state index contributed by atoms with van der Waals surface area (Å²) in [6.07, 6.45) is 2.55. The molecule has 0 bridgehead atoms. The average molecular weight is 304 g/mol. The fourth-order valence-corrected chi connectivity index (χ4v) is 3.82. The lowest BCUT2D eigenvalue weighted by Crippen LogP contribution is -2.51. The van der Waals surface area contributed by atoms with E-state index in [0.29, 0.717) is 12.0 Å². The fraction of sp³-hybridized carbons (Fsp3) is 0.545. The monoisotopic (exact) mass is 304 g/mol. The SMILES string of the molecule is O=C(NC(C1CCCCN1)P(=O)(O)O)c1ccsc1. The quantitative estimate of drug-likeness (QED) is 0.625. The lowest BCUT2D eigenvalue weighted by atomic mass is 10.0. The van der Waals surface area contributed by atoms with Gasteiger partial charge in [0, 0.05) is 11.4 Å². The zero-order valence-corrected chi connectivity index (χ0v) is 12.0. The largest absolute Gasteiger partial charge is 0.349 e. The molecule has 2 rings (SSSR count). The molecule has 0 spiro atoms. The van der Waals surface area contributed by atoms with Crippen molar-refractivity contribution in [2.45, 2.75) is 31.1 Å². The number of carbonyl (C=O) groups is 1. The normalized spacial score (nSPS) is 21.9. The van der Waals surface area contributed by atoms with Crippen LogP contribution >= 0.6 is 18.9 Å². The van der Waals surface area contributed by atoms with E-state index in [1.807, 2.05) is 0 Å². The Balaban J connectivity index is 2.10. The Labute approximate surface area is 115 Å². The van der Waals surface area contributed by atoms with Crippen LogP contribution in [0.4, 0.5) is 0 Å². The predicted molar refractivity (Wildman–Crippen MR) is 73.3 cm³/mol. The molecule has 19 heavy (non-hydrogen) atoms. The van der Waals surface area contributed by atoms with E-state index in [4.69, 9.17) is 0 Å². The second kappa shape index (κ2) is 6.15. The highest BCUT2D eigenvalue weighted by molar-refractivity contribution is 7.52. The first-order valence-electron chi connectivity index (χ1n) is 6.10. The van der Waals surface area contributed by atoms with Crippen LogP contribution in [0, 0.1) is 0 Å². The van der Waals surface area contributed by atoms with Gasteiger partial charge in [0.05, 0.1) is 5.56 Å². The summed E-state index contributed by atoms with van der Waals surface area (Å²) >= 11 is 1.37. The van der Waals surface area contributed by atoms with Crippen LogP contribution in [-0.2, 0) is 4.57 Å². The molecular weight excluding hydrogens is 287 g/mol. The number of hydrogen-bond acceptors (Lipinski definition) is 4. The molecule has 6 nitrogen and oxygen atoms in total. The zero-order valence-electron chi connectivity index (χ0n) is 10.3. The molecule has 0 saturated carbocycles. The van der Waals surface area contributed by atoms with Crippen molar-refractivity contribution < 1.29 is 19.1 Å². The topological polar surface area (TPSA) is 98.7 Å². The fourth-order valence-electron chi connectivity index (χ4n) is 2.18. The van der Waals surface area contributed by atoms with Crippen molar-refractivity contribution in [1.82, 2.24) is 10.6 Å². The Bertz CT molecular complexity index is 467. The van der Waals surface area contributed by atoms with Crippen LogP contribution in [0.15, 0.2) is 16.8 Å². The first kappa shape index (κ1) is 14.7. The maximum Gasteiger partial charge on any atom is 0.349 e. The van der Waals surface area contributed by atoms with Crippen molar-refractivity contribution >= 4 is 24.8 Å². The second-order valence-electron chi connectivity index (χ2n) is 4.58. The van der Waals surface area contributed by atoms with Gasteiger partial charge in [0.25, 0.3) is 5.91 Å². The maximum absolute atomic E-state index is 11.9. The summed E-state index contributed by atoms with van der Waals surface area (Å²) in [5.74, 6) is -1.61. The van der Waals surface area contributed by atoms with Crippen molar-refractivity contribution in [3.05, 3.63) is 22.4 Å². The lowest BCUT2D eigenvalue weighted by Gasteiger charge is -2.32. The summed E-state index contributed by atoms with van der Waals surface area (Å²) in [5, 5.41) is 8.95. The van der Waals surface area contributed by atoms with Gasteiger partial charge in [-0.25, -0.2) is 0 Å². The molecule has 1 fully saturated rings. The predicted octanol–water partition coefficient (Wildman–Crippen LogP) is 1.12. The van der Waals surface area contributed by atoms with Crippen LogP contribution in [0.2, 0.25) is 0 Å². The van der Waals surface area contributed by atoms with Crippen LogP contribution < -0.4 is 10.6 Å². The highest BCUT2D eigenvalue weighted by Gasteiger charge is 2.38. The van der Waals surface area contributed by atoms with E-state index in [1.165, 1.54) is 11.3 Å². The molecule has 1 amide bonds. The van der Waals surface area contributed by atoms with Gasteiger partial charge in [-0.05, 0) is 30.8 Å². The molecule has 1 aromatic rings. The third kappa shape index (κ3) is 3.87. The molecule has 0 aromatic carbocycles. The number of nitrogens with one attached hydrogen (secondary N) is 2. The van der Waals surface area contributed by atoms with Gasteiger partial charge in [-0.2, -0.15) is 11.3 Å². The molecule has 2 unspecified atom stereocenters. The average Bonchev–Trinajstić information content (AvgIpc) is 2.89. The van der Waals surface area contributed by atoms with Crippen molar-refractivity contribution in [1.29, 1.82) is 0 Å². The minimum Gasteiger partial charge on any atom is -0.337 e. The Kier molecular flexibility index (Phi) is 4.76. The van der Waals surface area contributed by atoms with Gasteiger partial charge in [0.1, 0.15) is 5.78 Å². The summed E-state index contributed by atoms with van der Waals surface area (Å²) in [4.78, 5) is 30.8. The lowest BCUT2D eigenvalue weighted by molar-refractivity contribution is 0.0933. The molecule has 4 N–H and O–H groups in total. The van der Waals surface area contributed by atoms with Crippen LogP contribution in [-0.4, -0.2) is 34.1 Å². The minimum atomic E-state index is -4.39. The second-order valence-corrected chi connectivity index (χ2v) is 7.09. The molecule has 2 atom stereocenters. The number of amides is 1. The molecule has 8 heteroatoms. The van der Waals surface area contributed by atoms with E-state index in [9.17, 15) is 19.1 Å². The molecule has 1 aromatic heterocycles. The first-order valence-corrected chi connectivity index (χ1v) is 8.72. The van der Waals surface area contributed by atoms with E-state index >= 15 is 0 Å². The highest BCUT2D eigenvalue weighted by Crippen LogP contribution is 2.42. The molecule has 1 aliphatic rings. The van der Waals surface area contributed by atoms with Crippen LogP contribution in [0.25, 0.3) is 0 Å². The van der Waals surface area contributed by atoms with Gasteiger partial charge >= 0.3 is 7.60 Å². The van der Waals surface area contributed by atoms with E-state index in [-0.39, 0.29) is 6.04 Å². The Morgan fingerprint density at radius 3 is 2.84 bits per heavy atom. The molecule has 0 aliphatic carbocycles. The van der Waals surface area contributed by atoms with Crippen LogP contribution in [0.3, 0.4) is 0 Å². The Hall–Kier alpha value is -0.720. The summed E-state index contributed by atoms with van der Waals surface area (Å²) < 4.78 is 11.6. The molecule has 0 radical (unpaired) electrons. The van der Waals surface area contributed by atoms with Gasteiger partial charge in [0.2, 0.25) is 0 Å². The third-order valence-electron chi connectivity index (χ3n) is 3.15. The van der Waals surface area contributed by atoms with Gasteiger partial charge in [-0.15, -0.1) is 0 Å². The van der Waals surface area contributed by atoms with Gasteiger partial charge in [-0.3, -0.25) is 9.36 Å². The number of thiophene rings is 1. The van der Waals surface area contributed by atoms with Crippen molar-refractivity contribution in [2.24, 2.45) is 0 Å². The summed E-state index contributed by atoms with van der Waals surface area (Å²) in [7, 11) is -4.39.